The maximum absolute atomic E-state index is 12.9. The number of hydrogen-bond donors (Lipinski definition) is 2. The van der Waals surface area contributed by atoms with Gasteiger partial charge in [-0.05, 0) is 25.1 Å². The summed E-state index contributed by atoms with van der Waals surface area (Å²) in [6.07, 6.45) is -0.313. The number of ether oxygens (including phenoxy) is 1. The van der Waals surface area contributed by atoms with Gasteiger partial charge in [-0.1, -0.05) is 0 Å². The molecule has 2 unspecified atom stereocenters. The third-order valence-corrected chi connectivity index (χ3v) is 6.85. The van der Waals surface area contributed by atoms with E-state index in [0.717, 1.165) is 18.2 Å². The van der Waals surface area contributed by atoms with Crippen LogP contribution >= 0.6 is 7.82 Å². The largest absolute Gasteiger partial charge is 0.491 e. The predicted octanol–water partition coefficient (Wildman–Crippen LogP) is 0.529. The molecular weight excluding hydrogens is 569 g/mol. The second-order valence-electron chi connectivity index (χ2n) is 10.5. The Morgan fingerprint density at radius 2 is 1.46 bits per heavy atom. The number of amides is 3. The van der Waals surface area contributed by atoms with Gasteiger partial charge in [-0.25, -0.2) is 14.2 Å². The lowest BCUT2D eigenvalue weighted by molar-refractivity contribution is -0.870. The van der Waals surface area contributed by atoms with Crippen LogP contribution in [0.1, 0.15) is 53.3 Å². The van der Waals surface area contributed by atoms with Gasteiger partial charge in [0.05, 0.1) is 38.9 Å². The Balaban J connectivity index is 1.72. The number of likely N-dealkylation sites (N-methyl/N-ethyl adjacent to an activating group) is 1. The van der Waals surface area contributed by atoms with Crippen molar-refractivity contribution in [2.24, 2.45) is 0 Å². The van der Waals surface area contributed by atoms with E-state index in [0.29, 0.717) is 21.2 Å². The Morgan fingerprint density at radius 1 is 0.902 bits per heavy atom. The van der Waals surface area contributed by atoms with Gasteiger partial charge in [0.25, 0.3) is 17.7 Å². The minimum atomic E-state index is -4.38. The van der Waals surface area contributed by atoms with E-state index >= 15 is 0 Å². The zero-order valence-corrected chi connectivity index (χ0v) is 24.0. The monoisotopic (exact) mass is 602 g/mol. The summed E-state index contributed by atoms with van der Waals surface area (Å²) >= 11 is 0. The van der Waals surface area contributed by atoms with Crippen molar-refractivity contribution < 1.29 is 66.5 Å². The molecule has 0 aliphatic carbocycles. The predicted molar refractivity (Wildman–Crippen MR) is 135 cm³/mol. The van der Waals surface area contributed by atoms with Crippen LogP contribution in [-0.4, -0.2) is 108 Å². The third kappa shape index (κ3) is 9.05. The molecular formula is C24H33N3O13P+. The number of phosphoric ester groups is 1. The standard InChI is InChI=1S/C24H32N3O13P/c1-24(33)8-7-21(30)26(24)40-23(32)17-13-16(22(31)39-25-19(28)5-6-20(25)29)14-18(15-17)36-11-12-38-41(34,35)37-10-9-27(2,3)4/h13-15,33H,5-12H2,1-4H3/p+1. The summed E-state index contributed by atoms with van der Waals surface area (Å²) in [5.74, 6) is -4.55. The van der Waals surface area contributed by atoms with E-state index in [1.165, 1.54) is 6.92 Å². The molecule has 17 heteroatoms. The molecule has 2 atom stereocenters. The van der Waals surface area contributed by atoms with Gasteiger partial charge < -0.3 is 28.9 Å². The molecule has 2 aliphatic rings. The number of hydrogen-bond acceptors (Lipinski definition) is 12. The van der Waals surface area contributed by atoms with Gasteiger partial charge in [0.15, 0.2) is 5.72 Å². The first kappa shape index (κ1) is 32.1. The van der Waals surface area contributed by atoms with Crippen molar-refractivity contribution in [3.05, 3.63) is 29.3 Å². The fourth-order valence-electron chi connectivity index (χ4n) is 3.59. The van der Waals surface area contributed by atoms with Crippen molar-refractivity contribution in [2.45, 2.75) is 38.3 Å². The SMILES string of the molecule is CC1(O)CCC(=O)N1OC(=O)c1cc(OCCOP(=O)(O)OCC[N+](C)(C)C)cc(C(=O)ON2C(=O)CCC2=O)c1. The highest BCUT2D eigenvalue weighted by Crippen LogP contribution is 2.42. The summed E-state index contributed by atoms with van der Waals surface area (Å²) in [4.78, 5) is 81.2. The lowest BCUT2D eigenvalue weighted by Gasteiger charge is -2.27. The van der Waals surface area contributed by atoms with Crippen LogP contribution in [-0.2, 0) is 37.7 Å². The van der Waals surface area contributed by atoms with Crippen LogP contribution in [0.4, 0.5) is 0 Å². The van der Waals surface area contributed by atoms with Crippen LogP contribution < -0.4 is 4.74 Å². The summed E-state index contributed by atoms with van der Waals surface area (Å²) in [6, 6.07) is 3.27. The van der Waals surface area contributed by atoms with Gasteiger partial charge >= 0.3 is 19.8 Å². The number of rotatable bonds is 13. The van der Waals surface area contributed by atoms with Crippen molar-refractivity contribution in [1.29, 1.82) is 0 Å². The van der Waals surface area contributed by atoms with Crippen molar-refractivity contribution in [2.75, 3.05) is 47.5 Å². The molecule has 0 radical (unpaired) electrons. The van der Waals surface area contributed by atoms with E-state index in [4.69, 9.17) is 23.5 Å². The van der Waals surface area contributed by atoms with Crippen LogP contribution in [0.5, 0.6) is 5.75 Å². The summed E-state index contributed by atoms with van der Waals surface area (Å²) in [5.41, 5.74) is -2.40. The molecule has 226 valence electrons. The van der Waals surface area contributed by atoms with E-state index in [9.17, 15) is 38.5 Å². The van der Waals surface area contributed by atoms with Crippen molar-refractivity contribution in [3.8, 4) is 5.75 Å². The molecule has 3 rings (SSSR count). The number of carbonyl (C=O) groups excluding carboxylic acids is 5. The summed E-state index contributed by atoms with van der Waals surface area (Å²) < 4.78 is 27.8. The molecule has 0 aromatic heterocycles. The maximum atomic E-state index is 12.9. The first-order valence-electron chi connectivity index (χ1n) is 12.5. The third-order valence-electron chi connectivity index (χ3n) is 5.83. The Labute approximate surface area is 235 Å². The second-order valence-corrected chi connectivity index (χ2v) is 11.9. The Hall–Kier alpha value is -3.40. The topological polar surface area (TPSA) is 196 Å². The molecule has 41 heavy (non-hydrogen) atoms. The highest BCUT2D eigenvalue weighted by Gasteiger charge is 2.43. The quantitative estimate of drug-likeness (QED) is 0.137. The number of phosphoric acid groups is 1. The molecule has 2 saturated heterocycles. The fourth-order valence-corrected chi connectivity index (χ4v) is 4.28. The van der Waals surface area contributed by atoms with E-state index in [2.05, 4.69) is 0 Å². The van der Waals surface area contributed by atoms with E-state index in [1.54, 1.807) is 0 Å². The molecule has 0 spiro atoms. The minimum absolute atomic E-state index is 0.0193. The molecule has 0 saturated carbocycles. The first-order valence-corrected chi connectivity index (χ1v) is 14.0. The van der Waals surface area contributed by atoms with Gasteiger partial charge in [-0.3, -0.25) is 23.4 Å². The number of imide groups is 1. The molecule has 16 nitrogen and oxygen atoms in total. The second kappa shape index (κ2) is 12.6. The number of aliphatic hydroxyl groups is 1. The molecule has 0 bridgehead atoms. The summed E-state index contributed by atoms with van der Waals surface area (Å²) in [7, 11) is 1.24. The van der Waals surface area contributed by atoms with Crippen LogP contribution in [0.2, 0.25) is 0 Å². The zero-order chi connectivity index (χ0) is 30.6. The number of benzene rings is 1. The lowest BCUT2D eigenvalue weighted by Crippen LogP contribution is -2.44. The average Bonchev–Trinajstić information content (AvgIpc) is 3.32. The number of nitrogens with zero attached hydrogens (tertiary/aromatic N) is 3. The zero-order valence-electron chi connectivity index (χ0n) is 23.1. The summed E-state index contributed by atoms with van der Waals surface area (Å²) in [6.45, 7) is 0.929. The molecule has 2 heterocycles. The van der Waals surface area contributed by atoms with Crippen LogP contribution in [0.15, 0.2) is 18.2 Å². The minimum Gasteiger partial charge on any atom is -0.491 e. The molecule has 2 fully saturated rings. The Morgan fingerprint density at radius 3 is 2.00 bits per heavy atom. The van der Waals surface area contributed by atoms with Crippen molar-refractivity contribution in [1.82, 2.24) is 10.1 Å². The van der Waals surface area contributed by atoms with Gasteiger partial charge in [0.1, 0.15) is 25.5 Å². The average molecular weight is 603 g/mol. The Kier molecular flexibility index (Phi) is 9.89. The van der Waals surface area contributed by atoms with Gasteiger partial charge in [-0.2, -0.15) is 0 Å². The van der Waals surface area contributed by atoms with Gasteiger partial charge in [0, 0.05) is 25.7 Å². The van der Waals surface area contributed by atoms with E-state index in [-0.39, 0.29) is 55.8 Å². The van der Waals surface area contributed by atoms with Crippen LogP contribution in [0.25, 0.3) is 0 Å². The highest BCUT2D eigenvalue weighted by atomic mass is 31.2. The lowest BCUT2D eigenvalue weighted by atomic mass is 10.1. The maximum Gasteiger partial charge on any atom is 0.472 e. The molecule has 2 aliphatic heterocycles. The molecule has 1 aromatic rings. The number of carbonyl (C=O) groups is 5. The first-order chi connectivity index (χ1) is 19.0. The van der Waals surface area contributed by atoms with Crippen molar-refractivity contribution in [3.63, 3.8) is 0 Å². The molecule has 2 N–H and O–H groups in total. The molecule has 3 amide bonds. The summed E-state index contributed by atoms with van der Waals surface area (Å²) in [5, 5.41) is 11.2. The number of hydroxylamine groups is 4. The van der Waals surface area contributed by atoms with Crippen molar-refractivity contribution >= 4 is 37.5 Å². The number of quaternary nitrogens is 1. The fraction of sp³-hybridized carbons (Fsp3) is 0.542. The van der Waals surface area contributed by atoms with Gasteiger partial charge in [0.2, 0.25) is 0 Å². The van der Waals surface area contributed by atoms with E-state index in [1.807, 2.05) is 21.1 Å². The van der Waals surface area contributed by atoms with Crippen LogP contribution in [0.3, 0.4) is 0 Å². The van der Waals surface area contributed by atoms with Gasteiger partial charge in [-0.15, -0.1) is 10.1 Å². The highest BCUT2D eigenvalue weighted by molar-refractivity contribution is 7.47. The molecule has 1 aromatic carbocycles. The Bertz CT molecular complexity index is 1240. The normalized spacial score (nSPS) is 20.8. The van der Waals surface area contributed by atoms with Crippen LogP contribution in [0, 0.1) is 0 Å². The smallest absolute Gasteiger partial charge is 0.472 e. The van der Waals surface area contributed by atoms with E-state index < -0.39 is 49.8 Å².